The zero-order valence-corrected chi connectivity index (χ0v) is 31.7. The van der Waals surface area contributed by atoms with Crippen molar-refractivity contribution in [2.24, 2.45) is 0 Å². The highest BCUT2D eigenvalue weighted by Gasteiger charge is 2.27. The first-order valence-electron chi connectivity index (χ1n) is 17.0. The third kappa shape index (κ3) is 9.01. The van der Waals surface area contributed by atoms with E-state index in [1.807, 2.05) is 31.2 Å². The van der Waals surface area contributed by atoms with Gasteiger partial charge in [-0.1, -0.05) is 23.2 Å². The Balaban J connectivity index is 1.22. The van der Waals surface area contributed by atoms with Crippen LogP contribution >= 0.6 is 27.5 Å². The minimum Gasteiger partial charge on any atom is -0.504 e. The summed E-state index contributed by atoms with van der Waals surface area (Å²) < 4.78 is 23.1. The monoisotopic (exact) mass is 768 g/mol. The quantitative estimate of drug-likeness (QED) is 0.150. The highest BCUT2D eigenvalue weighted by atomic mass is 79.9. The third-order valence-corrected chi connectivity index (χ3v) is 10.7. The molecule has 3 aromatic carbocycles. The van der Waals surface area contributed by atoms with Gasteiger partial charge in [-0.05, 0) is 121 Å². The minimum absolute atomic E-state index is 0.103. The van der Waals surface area contributed by atoms with E-state index in [0.29, 0.717) is 51.2 Å². The molecule has 1 aliphatic heterocycles. The number of methoxy groups -OCH3 is 3. The summed E-state index contributed by atoms with van der Waals surface area (Å²) in [5.74, 6) is 1.23. The normalized spacial score (nSPS) is 17.1. The Labute approximate surface area is 308 Å². The molecule has 11 heteroatoms. The van der Waals surface area contributed by atoms with Crippen LogP contribution in [-0.4, -0.2) is 61.2 Å². The van der Waals surface area contributed by atoms with Crippen LogP contribution in [0.5, 0.6) is 23.0 Å². The predicted octanol–water partition coefficient (Wildman–Crippen LogP) is 7.94. The lowest BCUT2D eigenvalue weighted by atomic mass is 9.92. The molecule has 268 valence electrons. The molecule has 2 N–H and O–H groups in total. The first kappa shape index (κ1) is 37.7. The Morgan fingerprint density at radius 1 is 1.00 bits per heavy atom. The fraction of sp³-hybridized carbons (Fsp3) is 0.436. The van der Waals surface area contributed by atoms with Gasteiger partial charge in [0.15, 0.2) is 28.8 Å². The van der Waals surface area contributed by atoms with Crippen LogP contribution in [0.1, 0.15) is 78.6 Å². The summed E-state index contributed by atoms with van der Waals surface area (Å²) in [6.07, 6.45) is 5.91. The van der Waals surface area contributed by atoms with Crippen molar-refractivity contribution in [3.05, 3.63) is 91.4 Å². The topological polar surface area (TPSA) is 107 Å². The average Bonchev–Trinajstić information content (AvgIpc) is 3.52. The minimum atomic E-state index is -0.481. The number of ketones is 1. The molecule has 0 radical (unpaired) electrons. The number of carbonyl (C=O) groups is 2. The number of fused-ring (bicyclic) bond motifs is 1. The molecule has 1 aliphatic carbocycles. The van der Waals surface area contributed by atoms with Crippen molar-refractivity contribution in [1.82, 2.24) is 10.2 Å². The number of ether oxygens (including phenoxy) is 4. The van der Waals surface area contributed by atoms with Crippen molar-refractivity contribution in [3.63, 3.8) is 0 Å². The predicted molar refractivity (Wildman–Crippen MR) is 197 cm³/mol. The van der Waals surface area contributed by atoms with Crippen molar-refractivity contribution >= 4 is 39.2 Å². The van der Waals surface area contributed by atoms with Crippen molar-refractivity contribution in [2.45, 2.75) is 90.3 Å². The van der Waals surface area contributed by atoms with Gasteiger partial charge in [0.2, 0.25) is 0 Å². The second-order valence-corrected chi connectivity index (χ2v) is 14.4. The maximum absolute atomic E-state index is 13.7. The number of Topliss-reactive ketones (excluding diaryl/α,β-unsaturated/α-hetero) is 1. The number of carbonyl (C=O) groups excluding carboxylic acids is 2. The number of benzene rings is 3. The van der Waals surface area contributed by atoms with Crippen LogP contribution in [0.4, 0.5) is 0 Å². The van der Waals surface area contributed by atoms with Gasteiger partial charge >= 0.3 is 0 Å². The lowest BCUT2D eigenvalue weighted by molar-refractivity contribution is -0.126. The van der Waals surface area contributed by atoms with Gasteiger partial charge in [0.25, 0.3) is 5.91 Å². The molecular weight excluding hydrogens is 724 g/mol. The van der Waals surface area contributed by atoms with Crippen LogP contribution in [0, 0.1) is 0 Å². The second kappa shape index (κ2) is 17.1. The Morgan fingerprint density at radius 2 is 1.74 bits per heavy atom. The van der Waals surface area contributed by atoms with Crippen LogP contribution < -0.4 is 19.5 Å². The molecule has 3 unspecified atom stereocenters. The number of hydrogen-bond acceptors (Lipinski definition) is 8. The van der Waals surface area contributed by atoms with Gasteiger partial charge in [0, 0.05) is 53.8 Å². The van der Waals surface area contributed by atoms with Crippen LogP contribution in [-0.2, 0) is 35.6 Å². The summed E-state index contributed by atoms with van der Waals surface area (Å²) in [5, 5.41) is 13.6. The van der Waals surface area contributed by atoms with Gasteiger partial charge in [0.05, 0.1) is 19.8 Å². The van der Waals surface area contributed by atoms with Crippen molar-refractivity contribution in [1.29, 1.82) is 0 Å². The Morgan fingerprint density at radius 3 is 2.46 bits per heavy atom. The van der Waals surface area contributed by atoms with E-state index in [2.05, 4.69) is 39.1 Å². The van der Waals surface area contributed by atoms with Gasteiger partial charge in [-0.2, -0.15) is 0 Å². The number of aryl methyl sites for hydroxylation is 1. The number of rotatable bonds is 15. The number of nitrogens with one attached hydrogen (secondary N) is 1. The van der Waals surface area contributed by atoms with Crippen LogP contribution in [0.25, 0.3) is 0 Å². The van der Waals surface area contributed by atoms with Crippen LogP contribution in [0.15, 0.2) is 58.6 Å². The Hall–Kier alpha value is -3.57. The van der Waals surface area contributed by atoms with E-state index < -0.39 is 6.10 Å². The molecule has 0 spiro atoms. The molecule has 50 heavy (non-hydrogen) atoms. The van der Waals surface area contributed by atoms with E-state index >= 15 is 0 Å². The lowest BCUT2D eigenvalue weighted by Crippen LogP contribution is -2.33. The highest BCUT2D eigenvalue weighted by molar-refractivity contribution is 9.10. The number of phenolic OH excluding ortho intramolecular Hbond substituents is 1. The molecule has 1 heterocycles. The molecular formula is C39H46BrClN2O7. The molecule has 0 saturated carbocycles. The number of aromatic hydroxyl groups is 1. The number of allylic oxidation sites excluding steroid dienone is 1. The Bertz CT molecular complexity index is 1750. The van der Waals surface area contributed by atoms with Gasteiger partial charge in [-0.15, -0.1) is 0 Å². The maximum atomic E-state index is 13.7. The standard InChI is InChI=1S/C39H46BrClN2O7/c1-23(6-8-25-10-13-32(44)35(16-25)48-4)42-39(46)37-30(40)12-15-34(47-3)38(37)50-22-29-18-27-20-43(21-28(27)19-31(29)41)24(2)7-9-26-11-14-33(45)36(17-26)49-5/h11-12,14-19,23-24,35,45H,6-10,13,20-22H2,1-5H3,(H,42,46). The van der Waals surface area contributed by atoms with E-state index in [9.17, 15) is 14.7 Å². The van der Waals surface area contributed by atoms with Crippen molar-refractivity contribution < 1.29 is 33.6 Å². The molecule has 2 aliphatic rings. The van der Waals surface area contributed by atoms with Gasteiger partial charge < -0.3 is 29.4 Å². The number of nitrogens with zero attached hydrogens (tertiary/aromatic N) is 1. The van der Waals surface area contributed by atoms with E-state index in [1.165, 1.54) is 16.7 Å². The average molecular weight is 770 g/mol. The lowest BCUT2D eigenvalue weighted by Gasteiger charge is -2.23. The maximum Gasteiger partial charge on any atom is 0.256 e. The zero-order valence-electron chi connectivity index (χ0n) is 29.3. The molecule has 3 aromatic rings. The third-order valence-electron chi connectivity index (χ3n) is 9.65. The molecule has 0 aromatic heterocycles. The fourth-order valence-electron chi connectivity index (χ4n) is 6.56. The fourth-order valence-corrected chi connectivity index (χ4v) is 7.29. The van der Waals surface area contributed by atoms with Gasteiger partial charge in [-0.25, -0.2) is 0 Å². The number of hydrogen-bond donors (Lipinski definition) is 2. The summed E-state index contributed by atoms with van der Waals surface area (Å²) in [4.78, 5) is 28.1. The zero-order chi connectivity index (χ0) is 35.9. The summed E-state index contributed by atoms with van der Waals surface area (Å²) in [7, 11) is 4.65. The smallest absolute Gasteiger partial charge is 0.256 e. The van der Waals surface area contributed by atoms with Crippen molar-refractivity contribution in [2.75, 3.05) is 21.3 Å². The van der Waals surface area contributed by atoms with Crippen molar-refractivity contribution in [3.8, 4) is 23.0 Å². The second-order valence-electron chi connectivity index (χ2n) is 13.1. The number of phenols is 1. The summed E-state index contributed by atoms with van der Waals surface area (Å²) in [5.41, 5.74) is 5.86. The first-order chi connectivity index (χ1) is 24.0. The van der Waals surface area contributed by atoms with E-state index in [-0.39, 0.29) is 30.1 Å². The number of halogens is 2. The van der Waals surface area contributed by atoms with E-state index in [4.69, 9.17) is 30.5 Å². The molecule has 5 rings (SSSR count). The molecule has 0 fully saturated rings. The van der Waals surface area contributed by atoms with Gasteiger partial charge in [-0.3, -0.25) is 14.5 Å². The Kier molecular flexibility index (Phi) is 12.9. The van der Waals surface area contributed by atoms with E-state index in [0.717, 1.165) is 49.9 Å². The molecule has 3 atom stereocenters. The SMILES string of the molecule is COc1cc(CCC(C)N2Cc3cc(Cl)c(COc4c(OC)ccc(Br)c4C(=O)NC(C)CCC4=CC(OC)C(=O)CC4)cc3C2)ccc1O. The summed E-state index contributed by atoms with van der Waals surface area (Å²) in [6.45, 7) is 5.95. The molecule has 1 amide bonds. The summed E-state index contributed by atoms with van der Waals surface area (Å²) >= 11 is 10.4. The van der Waals surface area contributed by atoms with Crippen LogP contribution in [0.3, 0.4) is 0 Å². The molecule has 0 saturated heterocycles. The van der Waals surface area contributed by atoms with Crippen LogP contribution in [0.2, 0.25) is 5.02 Å². The largest absolute Gasteiger partial charge is 0.504 e. The van der Waals surface area contributed by atoms with Gasteiger partial charge in [0.1, 0.15) is 12.7 Å². The molecule has 9 nitrogen and oxygen atoms in total. The number of amides is 1. The first-order valence-corrected chi connectivity index (χ1v) is 18.1. The van der Waals surface area contributed by atoms with E-state index in [1.54, 1.807) is 39.5 Å². The highest BCUT2D eigenvalue weighted by Crippen LogP contribution is 2.38. The summed E-state index contributed by atoms with van der Waals surface area (Å²) in [6, 6.07) is 13.4. The molecule has 0 bridgehead atoms.